The van der Waals surface area contributed by atoms with E-state index < -0.39 is 4.92 Å². The van der Waals surface area contributed by atoms with Gasteiger partial charge in [-0.3, -0.25) is 14.9 Å². The summed E-state index contributed by atoms with van der Waals surface area (Å²) in [6.07, 6.45) is 3.59. The molecule has 0 spiro atoms. The number of hydrogen-bond acceptors (Lipinski definition) is 7. The highest BCUT2D eigenvalue weighted by Gasteiger charge is 2.10. The third kappa shape index (κ3) is 6.65. The minimum absolute atomic E-state index is 0.000421. The van der Waals surface area contributed by atoms with Crippen LogP contribution >= 0.6 is 11.8 Å². The molecule has 0 aromatic heterocycles. The molecule has 2 aromatic rings. The smallest absolute Gasteiger partial charge is 0.269 e. The van der Waals surface area contributed by atoms with Crippen molar-refractivity contribution in [3.8, 4) is 11.5 Å². The molecule has 0 fully saturated rings. The number of hydrazone groups is 1. The Labute approximate surface area is 172 Å². The largest absolute Gasteiger partial charge is 0.504 e. The van der Waals surface area contributed by atoms with E-state index in [-0.39, 0.29) is 23.1 Å². The van der Waals surface area contributed by atoms with E-state index in [9.17, 15) is 20.0 Å². The van der Waals surface area contributed by atoms with Crippen molar-refractivity contribution in [1.29, 1.82) is 0 Å². The van der Waals surface area contributed by atoms with E-state index in [1.807, 2.05) is 6.92 Å². The SMILES string of the molecule is C=CCc1cc(/C=N\NC(=O)CSc2ccc([N+](=O)[O-])cc2)cc(OCC)c1O. The van der Waals surface area contributed by atoms with Gasteiger partial charge in [-0.05, 0) is 43.2 Å². The van der Waals surface area contributed by atoms with Gasteiger partial charge in [0, 0.05) is 22.6 Å². The number of rotatable bonds is 10. The summed E-state index contributed by atoms with van der Waals surface area (Å²) in [6.45, 7) is 5.89. The maximum Gasteiger partial charge on any atom is 0.269 e. The molecule has 2 rings (SSSR count). The van der Waals surface area contributed by atoms with Crippen LogP contribution in [0.25, 0.3) is 0 Å². The van der Waals surface area contributed by atoms with Crippen LogP contribution in [0.5, 0.6) is 11.5 Å². The van der Waals surface area contributed by atoms with Crippen LogP contribution in [0, 0.1) is 10.1 Å². The van der Waals surface area contributed by atoms with Crippen molar-refractivity contribution in [3.05, 3.63) is 70.3 Å². The van der Waals surface area contributed by atoms with E-state index in [0.717, 1.165) is 4.90 Å². The molecule has 2 aromatic carbocycles. The first kappa shape index (κ1) is 22.0. The van der Waals surface area contributed by atoms with Gasteiger partial charge >= 0.3 is 0 Å². The van der Waals surface area contributed by atoms with E-state index >= 15 is 0 Å². The minimum atomic E-state index is -0.476. The molecule has 9 heteroatoms. The number of ether oxygens (including phenoxy) is 1. The Balaban J connectivity index is 1.95. The number of hydrogen-bond donors (Lipinski definition) is 2. The average Bonchev–Trinajstić information content (AvgIpc) is 2.70. The summed E-state index contributed by atoms with van der Waals surface area (Å²) in [5.41, 5.74) is 3.73. The quantitative estimate of drug-likeness (QED) is 0.201. The van der Waals surface area contributed by atoms with Gasteiger partial charge in [-0.25, -0.2) is 5.43 Å². The molecule has 0 atom stereocenters. The zero-order valence-electron chi connectivity index (χ0n) is 15.8. The van der Waals surface area contributed by atoms with Crippen molar-refractivity contribution < 1.29 is 19.6 Å². The van der Waals surface area contributed by atoms with Crippen LogP contribution < -0.4 is 10.2 Å². The number of phenols is 1. The van der Waals surface area contributed by atoms with E-state index in [0.29, 0.717) is 29.9 Å². The molecule has 29 heavy (non-hydrogen) atoms. The predicted molar refractivity (Wildman–Crippen MR) is 113 cm³/mol. The van der Waals surface area contributed by atoms with Gasteiger partial charge in [0.05, 0.1) is 23.5 Å². The van der Waals surface area contributed by atoms with Gasteiger partial charge in [0.2, 0.25) is 5.91 Å². The number of benzene rings is 2. The highest BCUT2D eigenvalue weighted by atomic mass is 32.2. The molecule has 0 unspecified atom stereocenters. The number of thioether (sulfide) groups is 1. The molecule has 0 bridgehead atoms. The van der Waals surface area contributed by atoms with Crippen LogP contribution in [0.3, 0.4) is 0 Å². The molecular weight excluding hydrogens is 394 g/mol. The molecule has 0 aliphatic heterocycles. The molecule has 0 heterocycles. The van der Waals surface area contributed by atoms with Gasteiger partial charge in [0.1, 0.15) is 0 Å². The Morgan fingerprint density at radius 3 is 2.72 bits per heavy atom. The highest BCUT2D eigenvalue weighted by molar-refractivity contribution is 8.00. The number of aromatic hydroxyl groups is 1. The molecule has 0 aliphatic rings. The summed E-state index contributed by atoms with van der Waals surface area (Å²) in [6, 6.07) is 9.33. The highest BCUT2D eigenvalue weighted by Crippen LogP contribution is 2.32. The van der Waals surface area contributed by atoms with Crippen LogP contribution in [0.15, 0.2) is 59.1 Å². The zero-order valence-corrected chi connectivity index (χ0v) is 16.6. The lowest BCUT2D eigenvalue weighted by atomic mass is 10.1. The molecule has 0 aliphatic carbocycles. The maximum absolute atomic E-state index is 11.9. The Hall–Kier alpha value is -3.33. The fourth-order valence-corrected chi connectivity index (χ4v) is 3.06. The Morgan fingerprint density at radius 1 is 1.38 bits per heavy atom. The normalized spacial score (nSPS) is 10.7. The zero-order chi connectivity index (χ0) is 21.2. The number of phenolic OH excluding ortho intramolecular Hbond substituents is 1. The minimum Gasteiger partial charge on any atom is -0.504 e. The number of allylic oxidation sites excluding steroid dienone is 1. The molecule has 0 radical (unpaired) electrons. The van der Waals surface area contributed by atoms with Crippen molar-refractivity contribution in [2.45, 2.75) is 18.2 Å². The van der Waals surface area contributed by atoms with Crippen molar-refractivity contribution in [2.24, 2.45) is 5.10 Å². The van der Waals surface area contributed by atoms with Gasteiger partial charge in [-0.15, -0.1) is 18.3 Å². The summed E-state index contributed by atoms with van der Waals surface area (Å²) in [5, 5.41) is 24.8. The first-order chi connectivity index (χ1) is 13.9. The first-order valence-corrected chi connectivity index (χ1v) is 9.71. The Bertz CT molecular complexity index is 913. The van der Waals surface area contributed by atoms with Gasteiger partial charge in [0.15, 0.2) is 11.5 Å². The lowest BCUT2D eigenvalue weighted by Crippen LogP contribution is -2.19. The number of nitro groups is 1. The van der Waals surface area contributed by atoms with Crippen LogP contribution in [0.1, 0.15) is 18.1 Å². The van der Waals surface area contributed by atoms with Gasteiger partial charge in [-0.1, -0.05) is 6.08 Å². The second kappa shape index (κ2) is 10.9. The number of amides is 1. The van der Waals surface area contributed by atoms with Crippen LogP contribution in [0.4, 0.5) is 5.69 Å². The summed E-state index contributed by atoms with van der Waals surface area (Å²) in [5.74, 6) is 0.192. The number of non-ortho nitro benzene ring substituents is 1. The molecule has 0 saturated carbocycles. The number of carbonyl (C=O) groups excluding carboxylic acids is 1. The summed E-state index contributed by atoms with van der Waals surface area (Å²) in [4.78, 5) is 22.8. The number of carbonyl (C=O) groups is 1. The molecule has 0 saturated heterocycles. The third-order valence-electron chi connectivity index (χ3n) is 3.66. The third-order valence-corrected chi connectivity index (χ3v) is 4.67. The van der Waals surface area contributed by atoms with Gasteiger partial charge < -0.3 is 9.84 Å². The van der Waals surface area contributed by atoms with E-state index in [4.69, 9.17) is 4.74 Å². The second-order valence-electron chi connectivity index (χ2n) is 5.79. The lowest BCUT2D eigenvalue weighted by molar-refractivity contribution is -0.384. The summed E-state index contributed by atoms with van der Waals surface area (Å²) in [7, 11) is 0. The Kier molecular flexibility index (Phi) is 8.23. The van der Waals surface area contributed by atoms with Crippen molar-refractivity contribution >= 4 is 29.6 Å². The van der Waals surface area contributed by atoms with Crippen LogP contribution in [-0.2, 0) is 11.2 Å². The van der Waals surface area contributed by atoms with E-state index in [1.54, 1.807) is 30.3 Å². The average molecular weight is 415 g/mol. The van der Waals surface area contributed by atoms with Crippen molar-refractivity contribution in [2.75, 3.05) is 12.4 Å². The van der Waals surface area contributed by atoms with E-state index in [1.165, 1.54) is 30.1 Å². The topological polar surface area (TPSA) is 114 Å². The first-order valence-electron chi connectivity index (χ1n) is 8.73. The van der Waals surface area contributed by atoms with E-state index in [2.05, 4.69) is 17.1 Å². The monoisotopic (exact) mass is 415 g/mol. The lowest BCUT2D eigenvalue weighted by Gasteiger charge is -2.10. The molecular formula is C20H21N3O5S. The fraction of sp³-hybridized carbons (Fsp3) is 0.200. The van der Waals surface area contributed by atoms with Gasteiger partial charge in [0.25, 0.3) is 5.69 Å². The molecule has 152 valence electrons. The number of nitrogens with zero attached hydrogens (tertiary/aromatic N) is 2. The maximum atomic E-state index is 11.9. The molecule has 2 N–H and O–H groups in total. The fourth-order valence-electron chi connectivity index (χ4n) is 2.36. The van der Waals surface area contributed by atoms with Crippen molar-refractivity contribution in [1.82, 2.24) is 5.43 Å². The Morgan fingerprint density at radius 2 is 2.10 bits per heavy atom. The molecule has 1 amide bonds. The standard InChI is InChI=1S/C20H21N3O5S/c1-3-5-15-10-14(11-18(20(15)25)28-4-2)12-21-22-19(24)13-29-17-8-6-16(7-9-17)23(26)27/h3,6-12,25H,1,4-5,13H2,2H3,(H,22,24)/b21-12-. The number of nitrogens with one attached hydrogen (secondary N) is 1. The molecule has 8 nitrogen and oxygen atoms in total. The number of nitro benzene ring substituents is 1. The summed E-state index contributed by atoms with van der Waals surface area (Å²) < 4.78 is 5.42. The van der Waals surface area contributed by atoms with Gasteiger partial charge in [-0.2, -0.15) is 5.10 Å². The van der Waals surface area contributed by atoms with Crippen LogP contribution in [0.2, 0.25) is 0 Å². The van der Waals surface area contributed by atoms with Crippen LogP contribution in [-0.4, -0.2) is 34.5 Å². The second-order valence-corrected chi connectivity index (χ2v) is 6.83. The van der Waals surface area contributed by atoms with Crippen molar-refractivity contribution in [3.63, 3.8) is 0 Å². The summed E-state index contributed by atoms with van der Waals surface area (Å²) >= 11 is 1.24. The predicted octanol–water partition coefficient (Wildman–Crippen LogP) is 3.67.